The zero-order chi connectivity index (χ0) is 14.1. The van der Waals surface area contributed by atoms with E-state index in [2.05, 4.69) is 66.7 Å². The summed E-state index contributed by atoms with van der Waals surface area (Å²) in [7, 11) is 0. The molecule has 2 heterocycles. The van der Waals surface area contributed by atoms with Crippen LogP contribution in [0.3, 0.4) is 0 Å². The fourth-order valence-electron chi connectivity index (χ4n) is 3.37. The summed E-state index contributed by atoms with van der Waals surface area (Å²) < 4.78 is 2.01. The first-order valence-corrected chi connectivity index (χ1v) is 11.6. The fraction of sp³-hybridized carbons (Fsp3) is 0.263. The standard InChI is InChI=1S/C19H18Se2/c1-3-7-15(8-4-1)18-13-19(16-9-5-2-6-10-16)17(14-20-18)11-12-21-19/h1-10,13,17H,11-12,14H2/t17-,19-/m1/s1. The molecule has 2 heteroatoms. The minimum atomic E-state index is 0.374. The Morgan fingerprint density at radius 1 is 0.905 bits per heavy atom. The second kappa shape index (κ2) is 5.78. The third kappa shape index (κ3) is 2.45. The average molecular weight is 404 g/mol. The van der Waals surface area contributed by atoms with Crippen molar-refractivity contribution in [2.45, 2.75) is 21.4 Å². The molecule has 4 rings (SSSR count). The van der Waals surface area contributed by atoms with Crippen molar-refractivity contribution in [2.24, 2.45) is 5.92 Å². The maximum atomic E-state index is 2.68. The zero-order valence-corrected chi connectivity index (χ0v) is 15.3. The summed E-state index contributed by atoms with van der Waals surface area (Å²) in [6.07, 6.45) is 4.12. The van der Waals surface area contributed by atoms with Gasteiger partial charge >= 0.3 is 140 Å². The molecule has 0 saturated carbocycles. The van der Waals surface area contributed by atoms with E-state index in [4.69, 9.17) is 0 Å². The first-order chi connectivity index (χ1) is 10.4. The Balaban J connectivity index is 1.82. The molecular weight excluding hydrogens is 386 g/mol. The number of allylic oxidation sites excluding steroid dienone is 1. The molecule has 0 nitrogen and oxygen atoms in total. The third-order valence-electron chi connectivity index (χ3n) is 4.48. The van der Waals surface area contributed by atoms with E-state index >= 15 is 0 Å². The van der Waals surface area contributed by atoms with Crippen LogP contribution in [-0.2, 0) is 4.31 Å². The van der Waals surface area contributed by atoms with Crippen LogP contribution in [0.2, 0.25) is 10.6 Å². The minimum absolute atomic E-state index is 0.374. The normalized spacial score (nSPS) is 28.0. The van der Waals surface area contributed by atoms with E-state index < -0.39 is 0 Å². The molecule has 0 amide bonds. The molecule has 21 heavy (non-hydrogen) atoms. The van der Waals surface area contributed by atoms with Crippen LogP contribution >= 0.6 is 0 Å². The summed E-state index contributed by atoms with van der Waals surface area (Å²) in [5.41, 5.74) is 3.02. The van der Waals surface area contributed by atoms with Gasteiger partial charge in [0.1, 0.15) is 0 Å². The monoisotopic (exact) mass is 406 g/mol. The molecule has 2 aromatic carbocycles. The van der Waals surface area contributed by atoms with E-state index in [0.29, 0.717) is 34.2 Å². The van der Waals surface area contributed by atoms with Crippen molar-refractivity contribution in [2.75, 3.05) is 0 Å². The Morgan fingerprint density at radius 2 is 1.62 bits per heavy atom. The SMILES string of the molecule is C1=C(c2ccccc2)[Se]C[C@H]2CC[Se][C@@]12c1ccccc1. The van der Waals surface area contributed by atoms with Crippen molar-refractivity contribution < 1.29 is 0 Å². The van der Waals surface area contributed by atoms with Gasteiger partial charge in [-0.3, -0.25) is 0 Å². The van der Waals surface area contributed by atoms with Crippen molar-refractivity contribution in [3.05, 3.63) is 77.9 Å². The van der Waals surface area contributed by atoms with Gasteiger partial charge in [0, 0.05) is 0 Å². The Kier molecular flexibility index (Phi) is 3.81. The van der Waals surface area contributed by atoms with E-state index in [9.17, 15) is 0 Å². The van der Waals surface area contributed by atoms with Crippen LogP contribution in [-0.4, -0.2) is 29.9 Å². The number of benzene rings is 2. The Morgan fingerprint density at radius 3 is 2.38 bits per heavy atom. The summed E-state index contributed by atoms with van der Waals surface area (Å²) in [5, 5.41) is 2.87. The van der Waals surface area contributed by atoms with E-state index in [1.165, 1.54) is 22.6 Å². The summed E-state index contributed by atoms with van der Waals surface area (Å²) in [5.74, 6) is 0.896. The molecule has 106 valence electrons. The summed E-state index contributed by atoms with van der Waals surface area (Å²) in [6, 6.07) is 22.3. The van der Waals surface area contributed by atoms with Gasteiger partial charge < -0.3 is 0 Å². The molecule has 0 spiro atoms. The molecular formula is C19H18Se2. The predicted molar refractivity (Wildman–Crippen MR) is 91.8 cm³/mol. The summed E-state index contributed by atoms with van der Waals surface area (Å²) in [6.45, 7) is 0. The van der Waals surface area contributed by atoms with Crippen LogP contribution in [0.15, 0.2) is 66.7 Å². The third-order valence-corrected chi connectivity index (χ3v) is 10.4. The molecule has 1 fully saturated rings. The van der Waals surface area contributed by atoms with Gasteiger partial charge in [0.15, 0.2) is 0 Å². The van der Waals surface area contributed by atoms with Gasteiger partial charge in [0.2, 0.25) is 0 Å². The van der Waals surface area contributed by atoms with Crippen LogP contribution in [0.4, 0.5) is 0 Å². The van der Waals surface area contributed by atoms with E-state index in [0.717, 1.165) is 5.92 Å². The number of hydrogen-bond donors (Lipinski definition) is 0. The van der Waals surface area contributed by atoms with Crippen molar-refractivity contribution in [3.63, 3.8) is 0 Å². The number of fused-ring (bicyclic) bond motifs is 1. The number of rotatable bonds is 2. The molecule has 0 unspecified atom stereocenters. The predicted octanol–water partition coefficient (Wildman–Crippen LogP) is 4.20. The molecule has 2 atom stereocenters. The van der Waals surface area contributed by atoms with Gasteiger partial charge in [0.05, 0.1) is 0 Å². The Hall–Kier alpha value is -0.781. The molecule has 0 N–H and O–H groups in total. The van der Waals surface area contributed by atoms with Gasteiger partial charge in [-0.15, -0.1) is 0 Å². The van der Waals surface area contributed by atoms with Gasteiger partial charge in [-0.2, -0.15) is 0 Å². The summed E-state index contributed by atoms with van der Waals surface area (Å²) in [4.78, 5) is 0. The van der Waals surface area contributed by atoms with E-state index in [1.54, 1.807) is 10.0 Å². The maximum absolute atomic E-state index is 2.68. The fourth-order valence-corrected chi connectivity index (χ4v) is 10.7. The summed E-state index contributed by atoms with van der Waals surface area (Å²) >= 11 is 1.35. The Bertz CT molecular complexity index is 648. The molecule has 0 radical (unpaired) electrons. The average Bonchev–Trinajstić information content (AvgIpc) is 3.01. The second-order valence-corrected chi connectivity index (χ2v) is 10.8. The second-order valence-electron chi connectivity index (χ2n) is 5.68. The van der Waals surface area contributed by atoms with Gasteiger partial charge in [-0.05, 0) is 0 Å². The van der Waals surface area contributed by atoms with Crippen molar-refractivity contribution in [1.29, 1.82) is 0 Å². The van der Waals surface area contributed by atoms with Gasteiger partial charge in [-0.25, -0.2) is 0 Å². The van der Waals surface area contributed by atoms with Crippen LogP contribution in [0.25, 0.3) is 4.47 Å². The van der Waals surface area contributed by atoms with Gasteiger partial charge in [-0.1, -0.05) is 0 Å². The molecule has 0 aromatic heterocycles. The molecule has 0 aliphatic carbocycles. The topological polar surface area (TPSA) is 0 Å². The zero-order valence-electron chi connectivity index (χ0n) is 11.9. The first kappa shape index (κ1) is 13.9. The molecule has 1 saturated heterocycles. The van der Waals surface area contributed by atoms with Crippen LogP contribution < -0.4 is 0 Å². The molecule has 2 aliphatic rings. The van der Waals surface area contributed by atoms with Crippen molar-refractivity contribution in [1.82, 2.24) is 0 Å². The van der Waals surface area contributed by atoms with Crippen LogP contribution in [0.1, 0.15) is 17.5 Å². The molecule has 0 bridgehead atoms. The number of hydrogen-bond acceptors (Lipinski definition) is 0. The molecule has 2 aliphatic heterocycles. The van der Waals surface area contributed by atoms with Gasteiger partial charge in [0.25, 0.3) is 0 Å². The molecule has 2 aromatic rings. The Labute approximate surface area is 139 Å². The quantitative estimate of drug-likeness (QED) is 0.659. The van der Waals surface area contributed by atoms with E-state index in [-0.39, 0.29) is 0 Å². The van der Waals surface area contributed by atoms with Crippen molar-refractivity contribution in [3.8, 4) is 0 Å². The van der Waals surface area contributed by atoms with E-state index in [1.807, 2.05) is 0 Å². The van der Waals surface area contributed by atoms with Crippen molar-refractivity contribution >= 4 is 34.4 Å². The van der Waals surface area contributed by atoms with Crippen LogP contribution in [0, 0.1) is 5.92 Å². The first-order valence-electron chi connectivity index (χ1n) is 7.49. The van der Waals surface area contributed by atoms with Crippen LogP contribution in [0.5, 0.6) is 0 Å².